The summed E-state index contributed by atoms with van der Waals surface area (Å²) in [5, 5.41) is 10.9. The Morgan fingerprint density at radius 1 is 1.10 bits per heavy atom. The van der Waals surface area contributed by atoms with Crippen molar-refractivity contribution in [1.82, 2.24) is 0 Å². The van der Waals surface area contributed by atoms with Crippen LogP contribution in [0.15, 0.2) is 48.5 Å². The van der Waals surface area contributed by atoms with Crippen molar-refractivity contribution >= 4 is 17.3 Å². The molecule has 1 unspecified atom stereocenters. The summed E-state index contributed by atoms with van der Waals surface area (Å²) in [6.45, 7) is 2.85. The summed E-state index contributed by atoms with van der Waals surface area (Å²) in [6, 6.07) is 15.8. The molecule has 2 rings (SSSR count). The lowest BCUT2D eigenvalue weighted by molar-refractivity contribution is 0.170. The molecule has 0 fully saturated rings. The van der Waals surface area contributed by atoms with E-state index in [1.165, 1.54) is 5.56 Å². The fourth-order valence-corrected chi connectivity index (χ4v) is 2.41. The molecule has 0 spiro atoms. The van der Waals surface area contributed by atoms with E-state index in [-0.39, 0.29) is 0 Å². The van der Waals surface area contributed by atoms with Gasteiger partial charge in [-0.05, 0) is 37.1 Å². The summed E-state index contributed by atoms with van der Waals surface area (Å²) in [5.74, 6) is 0. The van der Waals surface area contributed by atoms with Gasteiger partial charge in [0.05, 0.1) is 6.10 Å². The molecule has 0 bridgehead atoms. The van der Waals surface area contributed by atoms with Crippen LogP contribution in [-0.4, -0.2) is 18.7 Å². The van der Waals surface area contributed by atoms with Gasteiger partial charge in [-0.2, -0.15) is 0 Å². The molecule has 0 aromatic heterocycles. The third-order valence-corrected chi connectivity index (χ3v) is 3.82. The smallest absolute Gasteiger partial charge is 0.0821 e. The number of nitrogens with zero attached hydrogens (tertiary/aromatic N) is 1. The van der Waals surface area contributed by atoms with E-state index in [4.69, 9.17) is 11.6 Å². The van der Waals surface area contributed by atoms with E-state index in [1.54, 1.807) is 0 Å². The highest BCUT2D eigenvalue weighted by Gasteiger charge is 2.12. The Bertz CT molecular complexity index is 553. The Balaban J connectivity index is 1.95. The lowest BCUT2D eigenvalue weighted by Crippen LogP contribution is -2.20. The molecule has 0 aliphatic carbocycles. The van der Waals surface area contributed by atoms with E-state index < -0.39 is 6.10 Å². The summed E-state index contributed by atoms with van der Waals surface area (Å²) >= 11 is 6.10. The molecular formula is C17H20ClNO. The van der Waals surface area contributed by atoms with Gasteiger partial charge in [-0.15, -0.1) is 0 Å². The van der Waals surface area contributed by atoms with Crippen molar-refractivity contribution in [3.63, 3.8) is 0 Å². The van der Waals surface area contributed by atoms with Crippen LogP contribution in [-0.2, 0) is 0 Å². The number of anilines is 1. The number of hydrogen-bond acceptors (Lipinski definition) is 2. The zero-order valence-electron chi connectivity index (χ0n) is 11.9. The molecule has 2 aromatic rings. The van der Waals surface area contributed by atoms with Crippen molar-refractivity contribution in [1.29, 1.82) is 0 Å². The van der Waals surface area contributed by atoms with Gasteiger partial charge < -0.3 is 10.0 Å². The second-order valence-electron chi connectivity index (χ2n) is 5.08. The maximum atomic E-state index is 10.2. The van der Waals surface area contributed by atoms with E-state index in [2.05, 4.69) is 36.1 Å². The normalized spacial score (nSPS) is 12.2. The first kappa shape index (κ1) is 14.9. The first-order valence-electron chi connectivity index (χ1n) is 6.78. The van der Waals surface area contributed by atoms with Gasteiger partial charge in [-0.1, -0.05) is 47.5 Å². The van der Waals surface area contributed by atoms with E-state index in [0.29, 0.717) is 11.4 Å². The van der Waals surface area contributed by atoms with Crippen molar-refractivity contribution in [2.45, 2.75) is 19.4 Å². The third kappa shape index (κ3) is 3.75. The Labute approximate surface area is 125 Å². The zero-order valence-corrected chi connectivity index (χ0v) is 12.6. The molecule has 0 aliphatic rings. The van der Waals surface area contributed by atoms with Crippen molar-refractivity contribution in [3.8, 4) is 0 Å². The number of rotatable bonds is 5. The van der Waals surface area contributed by atoms with Crippen molar-refractivity contribution in [2.75, 3.05) is 18.5 Å². The number of halogens is 1. The SMILES string of the molecule is Cc1ccc(N(C)CCC(O)c2ccccc2Cl)cc1. The van der Waals surface area contributed by atoms with Gasteiger partial charge in [0, 0.05) is 24.3 Å². The van der Waals surface area contributed by atoms with E-state index in [0.717, 1.165) is 17.8 Å². The molecule has 2 nitrogen and oxygen atoms in total. The van der Waals surface area contributed by atoms with Gasteiger partial charge in [0.15, 0.2) is 0 Å². The number of benzene rings is 2. The highest BCUT2D eigenvalue weighted by Crippen LogP contribution is 2.25. The minimum Gasteiger partial charge on any atom is -0.388 e. The van der Waals surface area contributed by atoms with Crippen LogP contribution in [0, 0.1) is 6.92 Å². The van der Waals surface area contributed by atoms with Crippen molar-refractivity contribution < 1.29 is 5.11 Å². The van der Waals surface area contributed by atoms with Gasteiger partial charge in [0.25, 0.3) is 0 Å². The first-order valence-corrected chi connectivity index (χ1v) is 7.16. The maximum Gasteiger partial charge on any atom is 0.0821 e. The predicted octanol–water partition coefficient (Wildman–Crippen LogP) is 4.21. The average molecular weight is 290 g/mol. The second-order valence-corrected chi connectivity index (χ2v) is 5.49. The van der Waals surface area contributed by atoms with Crippen LogP contribution in [0.4, 0.5) is 5.69 Å². The molecular weight excluding hydrogens is 270 g/mol. The number of hydrogen-bond donors (Lipinski definition) is 1. The van der Waals surface area contributed by atoms with E-state index in [9.17, 15) is 5.11 Å². The molecule has 0 saturated carbocycles. The lowest BCUT2D eigenvalue weighted by atomic mass is 10.1. The summed E-state index contributed by atoms with van der Waals surface area (Å²) in [5.41, 5.74) is 3.20. The summed E-state index contributed by atoms with van der Waals surface area (Å²) in [4.78, 5) is 2.14. The molecule has 3 heteroatoms. The molecule has 2 aromatic carbocycles. The molecule has 0 heterocycles. The predicted molar refractivity (Wildman–Crippen MR) is 85.5 cm³/mol. The standard InChI is InChI=1S/C17H20ClNO/c1-13-7-9-14(10-8-13)19(2)12-11-17(20)15-5-3-4-6-16(15)18/h3-10,17,20H,11-12H2,1-2H3. The van der Waals surface area contributed by atoms with Gasteiger partial charge in [-0.3, -0.25) is 0 Å². The molecule has 0 aliphatic heterocycles. The van der Waals surface area contributed by atoms with Crippen LogP contribution in [0.25, 0.3) is 0 Å². The topological polar surface area (TPSA) is 23.5 Å². The Morgan fingerprint density at radius 2 is 1.75 bits per heavy atom. The van der Waals surface area contributed by atoms with Gasteiger partial charge in [-0.25, -0.2) is 0 Å². The Hall–Kier alpha value is -1.51. The zero-order chi connectivity index (χ0) is 14.5. The average Bonchev–Trinajstić information content (AvgIpc) is 2.45. The van der Waals surface area contributed by atoms with Crippen LogP contribution in [0.3, 0.4) is 0 Å². The summed E-state index contributed by atoms with van der Waals surface area (Å²) in [7, 11) is 2.03. The highest BCUT2D eigenvalue weighted by atomic mass is 35.5. The van der Waals surface area contributed by atoms with Gasteiger partial charge >= 0.3 is 0 Å². The Morgan fingerprint density at radius 3 is 2.40 bits per heavy atom. The molecule has 0 radical (unpaired) electrons. The van der Waals surface area contributed by atoms with Crippen molar-refractivity contribution in [2.24, 2.45) is 0 Å². The monoisotopic (exact) mass is 289 g/mol. The quantitative estimate of drug-likeness (QED) is 0.891. The minimum atomic E-state index is -0.531. The second kappa shape index (κ2) is 6.78. The number of aryl methyl sites for hydroxylation is 1. The first-order chi connectivity index (χ1) is 9.58. The van der Waals surface area contributed by atoms with Crippen LogP contribution < -0.4 is 4.90 Å². The maximum absolute atomic E-state index is 10.2. The largest absolute Gasteiger partial charge is 0.388 e. The lowest BCUT2D eigenvalue weighted by Gasteiger charge is -2.21. The summed E-state index contributed by atoms with van der Waals surface area (Å²) in [6.07, 6.45) is 0.116. The third-order valence-electron chi connectivity index (χ3n) is 3.48. The highest BCUT2D eigenvalue weighted by molar-refractivity contribution is 6.31. The fraction of sp³-hybridized carbons (Fsp3) is 0.294. The minimum absolute atomic E-state index is 0.531. The molecule has 0 amide bonds. The van der Waals surface area contributed by atoms with Crippen molar-refractivity contribution in [3.05, 3.63) is 64.7 Å². The van der Waals surface area contributed by atoms with E-state index in [1.807, 2.05) is 31.3 Å². The molecule has 1 atom stereocenters. The van der Waals surface area contributed by atoms with Gasteiger partial charge in [0.1, 0.15) is 0 Å². The fourth-order valence-electron chi connectivity index (χ4n) is 2.15. The Kier molecular flexibility index (Phi) is 5.05. The van der Waals surface area contributed by atoms with Gasteiger partial charge in [0.2, 0.25) is 0 Å². The molecule has 1 N–H and O–H groups in total. The van der Waals surface area contributed by atoms with E-state index >= 15 is 0 Å². The molecule has 106 valence electrons. The van der Waals surface area contributed by atoms with Crippen LogP contribution in [0.2, 0.25) is 5.02 Å². The molecule has 20 heavy (non-hydrogen) atoms. The van der Waals surface area contributed by atoms with Crippen LogP contribution >= 0.6 is 11.6 Å². The number of aliphatic hydroxyl groups is 1. The van der Waals surface area contributed by atoms with Crippen LogP contribution in [0.5, 0.6) is 0 Å². The molecule has 0 saturated heterocycles. The summed E-state index contributed by atoms with van der Waals surface area (Å²) < 4.78 is 0. The number of aliphatic hydroxyl groups excluding tert-OH is 1. The van der Waals surface area contributed by atoms with Crippen LogP contribution in [0.1, 0.15) is 23.7 Å².